The zero-order valence-electron chi connectivity index (χ0n) is 13.6. The molecule has 0 spiro atoms. The van der Waals surface area contributed by atoms with Crippen molar-refractivity contribution >= 4 is 5.69 Å². The van der Waals surface area contributed by atoms with Gasteiger partial charge < -0.3 is 10.2 Å². The highest BCUT2D eigenvalue weighted by molar-refractivity contribution is 5.55. The van der Waals surface area contributed by atoms with Crippen LogP contribution in [-0.2, 0) is 6.54 Å². The molecule has 1 heterocycles. The summed E-state index contributed by atoms with van der Waals surface area (Å²) in [5.41, 5.74) is 2.96. The summed E-state index contributed by atoms with van der Waals surface area (Å²) in [4.78, 5) is 2.71. The molecule has 0 saturated heterocycles. The van der Waals surface area contributed by atoms with E-state index in [1.54, 1.807) is 0 Å². The van der Waals surface area contributed by atoms with Gasteiger partial charge in [0.1, 0.15) is 0 Å². The van der Waals surface area contributed by atoms with Gasteiger partial charge in [-0.05, 0) is 42.7 Å². The van der Waals surface area contributed by atoms with Crippen LogP contribution in [0.15, 0.2) is 24.3 Å². The second-order valence-electron chi connectivity index (χ2n) is 7.31. The molecule has 21 heavy (non-hydrogen) atoms. The van der Waals surface area contributed by atoms with E-state index in [4.69, 9.17) is 0 Å². The predicted octanol–water partition coefficient (Wildman–Crippen LogP) is 4.20. The molecule has 3 rings (SSSR count). The van der Waals surface area contributed by atoms with E-state index in [1.165, 1.54) is 43.4 Å². The topological polar surface area (TPSA) is 15.3 Å². The van der Waals surface area contributed by atoms with Crippen LogP contribution in [0.25, 0.3) is 0 Å². The Balaban J connectivity index is 1.76. The van der Waals surface area contributed by atoms with Gasteiger partial charge in [-0.1, -0.05) is 44.9 Å². The number of fused-ring (bicyclic) bond motifs is 1. The monoisotopic (exact) mass is 286 g/mol. The van der Waals surface area contributed by atoms with Crippen molar-refractivity contribution < 1.29 is 0 Å². The number of anilines is 1. The van der Waals surface area contributed by atoms with Gasteiger partial charge in [-0.15, -0.1) is 0 Å². The average molecular weight is 286 g/mol. The van der Waals surface area contributed by atoms with Crippen LogP contribution in [0.3, 0.4) is 0 Å². The van der Waals surface area contributed by atoms with E-state index in [1.807, 2.05) is 0 Å². The van der Waals surface area contributed by atoms with Gasteiger partial charge >= 0.3 is 0 Å². The highest BCUT2D eigenvalue weighted by Gasteiger charge is 2.28. The van der Waals surface area contributed by atoms with Crippen LogP contribution < -0.4 is 10.2 Å². The minimum Gasteiger partial charge on any atom is -0.367 e. The maximum Gasteiger partial charge on any atom is 0.0414 e. The summed E-state index contributed by atoms with van der Waals surface area (Å²) in [5.74, 6) is 1.78. The number of hydrogen-bond donors (Lipinski definition) is 1. The van der Waals surface area contributed by atoms with E-state index in [-0.39, 0.29) is 0 Å². The van der Waals surface area contributed by atoms with Crippen LogP contribution in [0.1, 0.15) is 51.5 Å². The number of nitrogens with zero attached hydrogens (tertiary/aromatic N) is 1. The lowest BCUT2D eigenvalue weighted by Crippen LogP contribution is -2.41. The number of hydrogen-bond acceptors (Lipinski definition) is 2. The van der Waals surface area contributed by atoms with Crippen molar-refractivity contribution in [3.63, 3.8) is 0 Å². The summed E-state index contributed by atoms with van der Waals surface area (Å²) in [6.07, 6.45) is 7.04. The van der Waals surface area contributed by atoms with Gasteiger partial charge in [0, 0.05) is 31.4 Å². The summed E-state index contributed by atoms with van der Waals surface area (Å²) < 4.78 is 0. The van der Waals surface area contributed by atoms with Crippen molar-refractivity contribution in [2.45, 2.75) is 58.5 Å². The molecule has 1 N–H and O–H groups in total. The zero-order chi connectivity index (χ0) is 14.7. The van der Waals surface area contributed by atoms with Gasteiger partial charge in [-0.2, -0.15) is 0 Å². The van der Waals surface area contributed by atoms with E-state index >= 15 is 0 Å². The molecule has 0 amide bonds. The molecule has 1 aliphatic heterocycles. The first kappa shape index (κ1) is 14.9. The number of rotatable bonds is 3. The van der Waals surface area contributed by atoms with Gasteiger partial charge in [0.25, 0.3) is 0 Å². The summed E-state index contributed by atoms with van der Waals surface area (Å²) in [6, 6.07) is 9.74. The Kier molecular flexibility index (Phi) is 4.84. The standard InChI is InChI=1S/C19H30N2/c1-15(2)12-16-6-5-8-18(13-16)21-11-10-20-14-17-7-3-4-9-19(17)21/h3-4,7,9,15-16,18,20H,5-6,8,10-14H2,1-2H3. The largest absolute Gasteiger partial charge is 0.367 e. The fraction of sp³-hybridized carbons (Fsp3) is 0.684. The summed E-state index contributed by atoms with van der Waals surface area (Å²) >= 11 is 0. The Morgan fingerprint density at radius 3 is 2.95 bits per heavy atom. The maximum atomic E-state index is 3.57. The third-order valence-corrected chi connectivity index (χ3v) is 5.15. The molecule has 2 nitrogen and oxygen atoms in total. The van der Waals surface area contributed by atoms with Crippen LogP contribution in [-0.4, -0.2) is 19.1 Å². The molecule has 1 saturated carbocycles. The van der Waals surface area contributed by atoms with Crippen molar-refractivity contribution in [1.82, 2.24) is 5.32 Å². The lowest BCUT2D eigenvalue weighted by molar-refractivity contribution is 0.271. The highest BCUT2D eigenvalue weighted by atomic mass is 15.2. The Labute approximate surface area is 129 Å². The second kappa shape index (κ2) is 6.83. The van der Waals surface area contributed by atoms with Crippen LogP contribution in [0.4, 0.5) is 5.69 Å². The van der Waals surface area contributed by atoms with Crippen LogP contribution in [0.5, 0.6) is 0 Å². The molecule has 2 heteroatoms. The fourth-order valence-electron chi connectivity index (χ4n) is 4.29. The minimum atomic E-state index is 0.753. The first-order valence-electron chi connectivity index (χ1n) is 8.79. The number of benzene rings is 1. The van der Waals surface area contributed by atoms with Crippen LogP contribution in [0.2, 0.25) is 0 Å². The molecule has 1 fully saturated rings. The Morgan fingerprint density at radius 1 is 1.24 bits per heavy atom. The molecule has 2 unspecified atom stereocenters. The molecule has 1 aromatic rings. The maximum absolute atomic E-state index is 3.57. The third kappa shape index (κ3) is 3.60. The fourth-order valence-corrected chi connectivity index (χ4v) is 4.29. The van der Waals surface area contributed by atoms with E-state index in [2.05, 4.69) is 48.3 Å². The van der Waals surface area contributed by atoms with Crippen molar-refractivity contribution in [3.05, 3.63) is 29.8 Å². The van der Waals surface area contributed by atoms with Gasteiger partial charge in [-0.25, -0.2) is 0 Å². The summed E-state index contributed by atoms with van der Waals surface area (Å²) in [7, 11) is 0. The molecule has 2 atom stereocenters. The lowest BCUT2D eigenvalue weighted by atomic mass is 9.80. The predicted molar refractivity (Wildman–Crippen MR) is 90.7 cm³/mol. The van der Waals surface area contributed by atoms with Gasteiger partial charge in [-0.3, -0.25) is 0 Å². The second-order valence-corrected chi connectivity index (χ2v) is 7.31. The minimum absolute atomic E-state index is 0.753. The van der Waals surface area contributed by atoms with Gasteiger partial charge in [0.2, 0.25) is 0 Å². The Bertz CT molecular complexity index is 455. The van der Waals surface area contributed by atoms with Crippen LogP contribution in [0, 0.1) is 11.8 Å². The molecule has 0 radical (unpaired) electrons. The first-order valence-corrected chi connectivity index (χ1v) is 8.79. The van der Waals surface area contributed by atoms with E-state index in [0.717, 1.165) is 37.5 Å². The zero-order valence-corrected chi connectivity index (χ0v) is 13.6. The summed E-state index contributed by atoms with van der Waals surface area (Å²) in [6.45, 7) is 8.04. The highest BCUT2D eigenvalue weighted by Crippen LogP contribution is 2.35. The molecular formula is C19H30N2. The Hall–Kier alpha value is -1.02. The SMILES string of the molecule is CC(C)CC1CCCC(N2CCNCc3ccccc32)C1. The van der Waals surface area contributed by atoms with Crippen molar-refractivity contribution in [2.24, 2.45) is 11.8 Å². The molecule has 0 aromatic heterocycles. The first-order chi connectivity index (χ1) is 10.2. The average Bonchev–Trinajstić information content (AvgIpc) is 2.69. The number of para-hydroxylation sites is 1. The van der Waals surface area contributed by atoms with Crippen molar-refractivity contribution in [1.29, 1.82) is 0 Å². The molecule has 1 aromatic carbocycles. The third-order valence-electron chi connectivity index (χ3n) is 5.15. The quantitative estimate of drug-likeness (QED) is 0.896. The number of nitrogens with one attached hydrogen (secondary N) is 1. The van der Waals surface area contributed by atoms with Gasteiger partial charge in [0.05, 0.1) is 0 Å². The lowest BCUT2D eigenvalue weighted by Gasteiger charge is -2.39. The molecular weight excluding hydrogens is 256 g/mol. The smallest absolute Gasteiger partial charge is 0.0414 e. The van der Waals surface area contributed by atoms with E-state index < -0.39 is 0 Å². The molecule has 2 aliphatic rings. The molecule has 116 valence electrons. The van der Waals surface area contributed by atoms with E-state index in [0.29, 0.717) is 0 Å². The van der Waals surface area contributed by atoms with Crippen molar-refractivity contribution in [2.75, 3.05) is 18.0 Å². The molecule has 0 bridgehead atoms. The van der Waals surface area contributed by atoms with Crippen LogP contribution >= 0.6 is 0 Å². The molecule has 1 aliphatic carbocycles. The summed E-state index contributed by atoms with van der Waals surface area (Å²) in [5, 5.41) is 3.57. The van der Waals surface area contributed by atoms with E-state index in [9.17, 15) is 0 Å². The normalized spacial score (nSPS) is 26.5. The Morgan fingerprint density at radius 2 is 2.10 bits per heavy atom. The van der Waals surface area contributed by atoms with Crippen molar-refractivity contribution in [3.8, 4) is 0 Å². The van der Waals surface area contributed by atoms with Gasteiger partial charge in [0.15, 0.2) is 0 Å².